The molecule has 0 unspecified atom stereocenters. The Labute approximate surface area is 403 Å². The Morgan fingerprint density at radius 3 is 2.60 bits per heavy atom. The van der Waals surface area contributed by atoms with Crippen LogP contribution in [0.2, 0.25) is 0 Å². The number of rotatable bonds is 4. The Hall–Kier alpha value is -3.36. The molecule has 0 aromatic heterocycles. The molecular weight excluding hydrogens is 843 g/mol. The van der Waals surface area contributed by atoms with Gasteiger partial charge in [0, 0.05) is 66.1 Å². The number of fused-ring (bicyclic) bond motifs is 8. The van der Waals surface area contributed by atoms with E-state index in [4.69, 9.17) is 15.2 Å². The number of ether oxygens (including phenoxy) is 2. The molecule has 7 heterocycles. The van der Waals surface area contributed by atoms with E-state index in [-0.39, 0.29) is 47.1 Å². The van der Waals surface area contributed by atoms with Gasteiger partial charge in [-0.05, 0) is 180 Å². The maximum absolute atomic E-state index is 16.5. The number of carbonyl (C=O) groups excluding carboxylic acids is 2. The van der Waals surface area contributed by atoms with Crippen molar-refractivity contribution < 1.29 is 24.2 Å². The molecule has 15 aliphatic rings. The first kappa shape index (κ1) is 41.3. The molecule has 68 heavy (non-hydrogen) atoms. The first-order valence-electron chi connectivity index (χ1n) is 28.5. The van der Waals surface area contributed by atoms with Gasteiger partial charge in [0.2, 0.25) is 0 Å². The minimum atomic E-state index is -1.13. The average molecular weight is 918 g/mol. The van der Waals surface area contributed by atoms with Crippen LogP contribution < -0.4 is 5.73 Å². The van der Waals surface area contributed by atoms with Gasteiger partial charge in [-0.1, -0.05) is 74.1 Å². The van der Waals surface area contributed by atoms with E-state index in [1.165, 1.54) is 95.6 Å². The summed E-state index contributed by atoms with van der Waals surface area (Å²) in [6, 6.07) is 7.71. The molecule has 8 fully saturated rings. The van der Waals surface area contributed by atoms with E-state index in [1.807, 2.05) is 0 Å². The quantitative estimate of drug-likeness (QED) is 0.227. The molecule has 8 aliphatic carbocycles. The van der Waals surface area contributed by atoms with Gasteiger partial charge >= 0.3 is 11.9 Å². The van der Waals surface area contributed by atoms with Gasteiger partial charge in [0.15, 0.2) is 11.4 Å². The van der Waals surface area contributed by atoms with Crippen molar-refractivity contribution in [3.8, 4) is 0 Å². The molecule has 7 aliphatic heterocycles. The Bertz CT molecular complexity index is 2620. The average Bonchev–Trinajstić information content (AvgIpc) is 4.00. The Balaban J connectivity index is 1.01. The molecule has 4 saturated heterocycles. The van der Waals surface area contributed by atoms with Crippen molar-refractivity contribution in [1.29, 1.82) is 0 Å². The van der Waals surface area contributed by atoms with Gasteiger partial charge in [0.05, 0.1) is 11.0 Å². The highest BCUT2D eigenvalue weighted by Gasteiger charge is 2.94. The lowest BCUT2D eigenvalue weighted by atomic mass is 9.26. The van der Waals surface area contributed by atoms with Crippen LogP contribution >= 0.6 is 0 Å². The van der Waals surface area contributed by atoms with Gasteiger partial charge in [-0.25, -0.2) is 4.79 Å². The number of benzene rings is 1. The van der Waals surface area contributed by atoms with E-state index in [0.717, 1.165) is 62.6 Å². The van der Waals surface area contributed by atoms with Crippen LogP contribution in [0.25, 0.3) is 0 Å². The summed E-state index contributed by atoms with van der Waals surface area (Å²) < 4.78 is 14.7. The molecule has 5 spiro atoms. The highest BCUT2D eigenvalue weighted by atomic mass is 16.6. The summed E-state index contributed by atoms with van der Waals surface area (Å²) in [6.45, 7) is 7.84. The normalized spacial score (nSPS) is 50.0. The molecule has 8 heteroatoms. The molecule has 16 rings (SSSR count). The summed E-state index contributed by atoms with van der Waals surface area (Å²) in [7, 11) is 0. The number of aliphatic hydroxyl groups is 1. The number of carbonyl (C=O) groups is 2. The summed E-state index contributed by atoms with van der Waals surface area (Å²) in [5, 5.41) is 14.1. The fraction of sp³-hybridized carbons (Fsp3) is 0.733. The summed E-state index contributed by atoms with van der Waals surface area (Å²) in [4.78, 5) is 37.8. The number of allylic oxidation sites excluding steroid dienone is 4. The van der Waals surface area contributed by atoms with Crippen LogP contribution in [0, 0.1) is 74.9 Å². The number of hydrogen-bond donors (Lipinski definition) is 2. The van der Waals surface area contributed by atoms with Crippen LogP contribution in [0.1, 0.15) is 170 Å². The standard InChI is InChI=1S/C60H75N3O5/c1-32-24-35-16-21-57-29-42(35)48-40-17-22-58-53(67-55(66)59(48,58)46(25-32)60(58)43-11-5-8-34(10-7-23-61)47(43)54(65)68-60)52(64)41-13-15-45-39-27-38(44-14-12-36(26-33(57)2)51(49(40)57)63(44)31-39)30-62(45)50(41)37-9-6-20-56(28-37)18-3-4-19-56/h5,8,11,24,32-33,37-39,41-42,44-46,49-50,64H,3-4,6-7,9-10,12-23,25-31,61H2,1-2H3/b35-24-,53-52+/t32-,33+,37-,38+,39+,41-,42+,44+,45-,46+,49-,50+,57+,58-,59-,60-/m1/s1. The van der Waals surface area contributed by atoms with Crippen molar-refractivity contribution in [2.75, 3.05) is 19.6 Å². The van der Waals surface area contributed by atoms with Crippen molar-refractivity contribution in [2.45, 2.75) is 179 Å². The molecule has 8 nitrogen and oxygen atoms in total. The summed E-state index contributed by atoms with van der Waals surface area (Å²) in [5.41, 5.74) is 14.2. The molecule has 360 valence electrons. The van der Waals surface area contributed by atoms with Crippen molar-refractivity contribution in [1.82, 2.24) is 9.80 Å². The van der Waals surface area contributed by atoms with Gasteiger partial charge in [0.25, 0.3) is 0 Å². The van der Waals surface area contributed by atoms with Crippen LogP contribution in [0.4, 0.5) is 0 Å². The molecular formula is C60H75N3O5. The highest BCUT2D eigenvalue weighted by Crippen LogP contribution is 2.89. The molecule has 16 atom stereocenters. The van der Waals surface area contributed by atoms with Gasteiger partial charge in [-0.15, -0.1) is 0 Å². The van der Waals surface area contributed by atoms with Crippen LogP contribution in [-0.2, 0) is 26.3 Å². The van der Waals surface area contributed by atoms with E-state index in [2.05, 4.69) is 47.9 Å². The minimum absolute atomic E-state index is 0.125. The minimum Gasteiger partial charge on any atom is -0.508 e. The number of nitrogens with two attached hydrogens (primary N) is 1. The van der Waals surface area contributed by atoms with Gasteiger partial charge in [-0.2, -0.15) is 0 Å². The third-order valence-electron chi connectivity index (χ3n) is 24.6. The van der Waals surface area contributed by atoms with Crippen LogP contribution in [-0.4, -0.2) is 64.6 Å². The predicted molar refractivity (Wildman–Crippen MR) is 258 cm³/mol. The summed E-state index contributed by atoms with van der Waals surface area (Å²) >= 11 is 0. The predicted octanol–water partition coefficient (Wildman–Crippen LogP) is 11.0. The van der Waals surface area contributed by atoms with Crippen molar-refractivity contribution in [2.24, 2.45) is 80.7 Å². The van der Waals surface area contributed by atoms with Crippen molar-refractivity contribution in [3.63, 3.8) is 0 Å². The van der Waals surface area contributed by atoms with Crippen molar-refractivity contribution >= 4 is 11.9 Å². The SMILES string of the molecule is C[C@@H]1/C=C2/CC[C@@]34C[C@@H]2C2=C5CC[C@@]67/C(=C(\O)[C@@H]8CC[C@@H]9[C@H]%10C[C@@H](CN9[C@H]8[C@@H]8CCCC9(CCCC9)C8)[C@@H]8CCC(=C([C@@H]53)N8C%10)C[C@@H]4C)OC(=O)[C@@]26[C@H](C1)[C@@]71OC(=O)c2c(CCCN)cccc21. The van der Waals surface area contributed by atoms with Crippen LogP contribution in [0.3, 0.4) is 0 Å². The van der Waals surface area contributed by atoms with E-state index in [1.54, 1.807) is 22.4 Å². The first-order valence-corrected chi connectivity index (χ1v) is 28.5. The number of esters is 2. The van der Waals surface area contributed by atoms with E-state index in [0.29, 0.717) is 83.6 Å². The Morgan fingerprint density at radius 1 is 0.882 bits per heavy atom. The lowest BCUT2D eigenvalue weighted by molar-refractivity contribution is -0.283. The number of aliphatic hydroxyl groups excluding tert-OH is 1. The lowest BCUT2D eigenvalue weighted by Gasteiger charge is -2.74. The molecule has 1 aromatic carbocycles. The number of hydrogen-bond acceptors (Lipinski definition) is 8. The fourth-order valence-corrected chi connectivity index (χ4v) is 22.7. The molecule has 9 bridgehead atoms. The zero-order valence-electron chi connectivity index (χ0n) is 41.0. The second kappa shape index (κ2) is 13.6. The third-order valence-corrected chi connectivity index (χ3v) is 24.6. The zero-order chi connectivity index (χ0) is 45.4. The molecule has 0 radical (unpaired) electrons. The highest BCUT2D eigenvalue weighted by molar-refractivity contribution is 6.00. The van der Waals surface area contributed by atoms with Crippen molar-refractivity contribution in [3.05, 3.63) is 80.5 Å². The van der Waals surface area contributed by atoms with Gasteiger partial charge in [0.1, 0.15) is 11.2 Å². The van der Waals surface area contributed by atoms with Crippen LogP contribution in [0.5, 0.6) is 0 Å². The number of nitrogens with zero attached hydrogens (tertiary/aromatic N) is 2. The van der Waals surface area contributed by atoms with E-state index < -0.39 is 16.4 Å². The fourth-order valence-electron chi connectivity index (χ4n) is 22.7. The third kappa shape index (κ3) is 4.51. The second-order valence-corrected chi connectivity index (χ2v) is 26.7. The molecule has 3 N–H and O–H groups in total. The largest absolute Gasteiger partial charge is 0.508 e. The first-order chi connectivity index (χ1) is 33.1. The van der Waals surface area contributed by atoms with E-state index in [9.17, 15) is 5.11 Å². The monoisotopic (exact) mass is 918 g/mol. The lowest BCUT2D eigenvalue weighted by Crippen LogP contribution is -2.78. The Morgan fingerprint density at radius 2 is 1.74 bits per heavy atom. The van der Waals surface area contributed by atoms with Crippen LogP contribution in [0.15, 0.2) is 63.8 Å². The summed E-state index contributed by atoms with van der Waals surface area (Å²) in [5.74, 6) is 3.07. The topological polar surface area (TPSA) is 105 Å². The number of aryl methyl sites for hydroxylation is 1. The van der Waals surface area contributed by atoms with Gasteiger partial charge < -0.3 is 25.2 Å². The molecule has 4 saturated carbocycles. The number of piperidine rings is 3. The van der Waals surface area contributed by atoms with Gasteiger partial charge in [-0.3, -0.25) is 9.69 Å². The zero-order valence-corrected chi connectivity index (χ0v) is 41.0. The second-order valence-electron chi connectivity index (χ2n) is 26.7. The molecule has 0 amide bonds. The smallest absolute Gasteiger partial charge is 0.339 e. The molecule has 1 aromatic rings. The summed E-state index contributed by atoms with van der Waals surface area (Å²) in [6.07, 6.45) is 27.4. The Kier molecular flexibility index (Phi) is 8.24. The maximum atomic E-state index is 16.5. The maximum Gasteiger partial charge on any atom is 0.339 e. The van der Waals surface area contributed by atoms with E-state index >= 15 is 9.59 Å².